The summed E-state index contributed by atoms with van der Waals surface area (Å²) in [6, 6.07) is 7.10. The fraction of sp³-hybridized carbons (Fsp3) is 0.182. The summed E-state index contributed by atoms with van der Waals surface area (Å²) in [4.78, 5) is 12.9. The summed E-state index contributed by atoms with van der Waals surface area (Å²) in [5.74, 6) is 0.356. The molecule has 17 heavy (non-hydrogen) atoms. The summed E-state index contributed by atoms with van der Waals surface area (Å²) >= 11 is 4.90. The maximum atomic E-state index is 11.9. The lowest BCUT2D eigenvalue weighted by Crippen LogP contribution is -2.06. The topological polar surface area (TPSA) is 52.1 Å². The van der Waals surface area contributed by atoms with Crippen LogP contribution in [-0.4, -0.2) is 23.1 Å². The van der Waals surface area contributed by atoms with Crippen LogP contribution in [0.25, 0.3) is 0 Å². The number of ketones is 1. The van der Waals surface area contributed by atoms with Crippen LogP contribution in [0.2, 0.25) is 0 Å². The number of carbonyl (C=O) groups is 1. The summed E-state index contributed by atoms with van der Waals surface area (Å²) in [7, 11) is 1.51. The molecule has 0 spiro atoms. The average Bonchev–Trinajstić information content (AvgIpc) is 2.75. The van der Waals surface area contributed by atoms with Crippen molar-refractivity contribution in [2.75, 3.05) is 7.11 Å². The zero-order valence-corrected chi connectivity index (χ0v) is 11.4. The molecule has 4 nitrogen and oxygen atoms in total. The van der Waals surface area contributed by atoms with E-state index >= 15 is 0 Å². The molecule has 2 heterocycles. The lowest BCUT2D eigenvalue weighted by Gasteiger charge is -1.99. The highest BCUT2D eigenvalue weighted by Gasteiger charge is 2.11. The van der Waals surface area contributed by atoms with Gasteiger partial charge in [-0.1, -0.05) is 0 Å². The van der Waals surface area contributed by atoms with Crippen molar-refractivity contribution in [2.24, 2.45) is 0 Å². The molecule has 0 saturated carbocycles. The van der Waals surface area contributed by atoms with Crippen LogP contribution in [0, 0.1) is 0 Å². The second kappa shape index (κ2) is 5.37. The van der Waals surface area contributed by atoms with Gasteiger partial charge in [-0.2, -0.15) is 0 Å². The van der Waals surface area contributed by atoms with E-state index < -0.39 is 0 Å². The number of methoxy groups -OCH3 is 1. The Hall–Kier alpha value is -1.27. The maximum absolute atomic E-state index is 11.9. The van der Waals surface area contributed by atoms with Crippen LogP contribution in [-0.2, 0) is 6.42 Å². The van der Waals surface area contributed by atoms with E-state index in [1.54, 1.807) is 23.5 Å². The largest absolute Gasteiger partial charge is 0.480 e. The predicted molar refractivity (Wildman–Crippen MR) is 68.6 cm³/mol. The third-order valence-corrected chi connectivity index (χ3v) is 3.72. The number of Topliss-reactive ketones (excluding diaryl/α,β-unsaturated/α-hetero) is 1. The molecule has 0 aromatic carbocycles. The quantitative estimate of drug-likeness (QED) is 0.815. The first-order chi connectivity index (χ1) is 8.19. The molecule has 0 aliphatic heterocycles. The highest BCUT2D eigenvalue weighted by Crippen LogP contribution is 2.23. The molecule has 0 fully saturated rings. The van der Waals surface area contributed by atoms with E-state index in [1.807, 2.05) is 12.1 Å². The molecule has 0 saturated heterocycles. The van der Waals surface area contributed by atoms with E-state index in [0.29, 0.717) is 18.0 Å². The molecular formula is C11H9BrN2O2S. The third kappa shape index (κ3) is 3.10. The fourth-order valence-corrected chi connectivity index (χ4v) is 2.75. The van der Waals surface area contributed by atoms with Crippen LogP contribution < -0.4 is 4.74 Å². The van der Waals surface area contributed by atoms with E-state index in [9.17, 15) is 4.79 Å². The molecule has 2 rings (SSSR count). The lowest BCUT2D eigenvalue weighted by atomic mass is 10.2. The number of hydrogen-bond donors (Lipinski definition) is 0. The Morgan fingerprint density at radius 3 is 2.71 bits per heavy atom. The number of hydrogen-bond acceptors (Lipinski definition) is 5. The molecule has 0 aliphatic rings. The number of halogens is 1. The first-order valence-corrected chi connectivity index (χ1v) is 6.45. The SMILES string of the molecule is COc1ccc(C(=O)Cc2ccc(Br)s2)nn1. The van der Waals surface area contributed by atoms with Crippen molar-refractivity contribution in [1.29, 1.82) is 0 Å². The molecule has 6 heteroatoms. The normalized spacial score (nSPS) is 10.2. The number of aromatic nitrogens is 2. The van der Waals surface area contributed by atoms with E-state index in [0.717, 1.165) is 8.66 Å². The minimum atomic E-state index is -0.0468. The highest BCUT2D eigenvalue weighted by molar-refractivity contribution is 9.11. The number of nitrogens with zero attached hydrogens (tertiary/aromatic N) is 2. The second-order valence-corrected chi connectivity index (χ2v) is 5.81. The van der Waals surface area contributed by atoms with Crippen molar-refractivity contribution in [3.8, 4) is 5.88 Å². The fourth-order valence-electron chi connectivity index (χ4n) is 1.27. The summed E-state index contributed by atoms with van der Waals surface area (Å²) in [5, 5.41) is 7.59. The van der Waals surface area contributed by atoms with Gasteiger partial charge in [0.25, 0.3) is 0 Å². The van der Waals surface area contributed by atoms with E-state index in [-0.39, 0.29) is 5.78 Å². The molecule has 0 bridgehead atoms. The standard InChI is InChI=1S/C11H9BrN2O2S/c1-16-11-5-3-8(13-14-11)9(15)6-7-2-4-10(12)17-7/h2-5H,6H2,1H3. The van der Waals surface area contributed by atoms with E-state index in [4.69, 9.17) is 4.74 Å². The van der Waals surface area contributed by atoms with Crippen LogP contribution in [0.15, 0.2) is 28.1 Å². The van der Waals surface area contributed by atoms with Crippen LogP contribution >= 0.6 is 27.3 Å². The first kappa shape index (κ1) is 12.2. The minimum absolute atomic E-state index is 0.0468. The summed E-state index contributed by atoms with van der Waals surface area (Å²) in [5.41, 5.74) is 0.357. The number of carbonyl (C=O) groups excluding carboxylic acids is 1. The van der Waals surface area contributed by atoms with Gasteiger partial charge in [0.15, 0.2) is 5.78 Å². The molecule has 88 valence electrons. The Morgan fingerprint density at radius 2 is 2.18 bits per heavy atom. The number of ether oxygens (including phenoxy) is 1. The van der Waals surface area contributed by atoms with Crippen LogP contribution in [0.5, 0.6) is 5.88 Å². The Balaban J connectivity index is 2.09. The van der Waals surface area contributed by atoms with Crippen molar-refractivity contribution in [3.63, 3.8) is 0 Å². The van der Waals surface area contributed by atoms with Gasteiger partial charge in [0.1, 0.15) is 5.69 Å². The second-order valence-electron chi connectivity index (χ2n) is 3.27. The third-order valence-electron chi connectivity index (χ3n) is 2.10. The van der Waals surface area contributed by atoms with Gasteiger partial charge in [-0.05, 0) is 34.1 Å². The zero-order chi connectivity index (χ0) is 12.3. The van der Waals surface area contributed by atoms with Crippen molar-refractivity contribution < 1.29 is 9.53 Å². The summed E-state index contributed by atoms with van der Waals surface area (Å²) in [6.45, 7) is 0. The van der Waals surface area contributed by atoms with Gasteiger partial charge in [0, 0.05) is 17.4 Å². The predicted octanol–water partition coefficient (Wildman–Crippen LogP) is 2.73. The summed E-state index contributed by atoms with van der Waals surface area (Å²) < 4.78 is 5.90. The van der Waals surface area contributed by atoms with Gasteiger partial charge in [-0.15, -0.1) is 21.5 Å². The number of thiophene rings is 1. The van der Waals surface area contributed by atoms with Gasteiger partial charge in [0.2, 0.25) is 5.88 Å². The van der Waals surface area contributed by atoms with E-state index in [2.05, 4.69) is 26.1 Å². The molecule has 0 N–H and O–H groups in total. The Kier molecular flexibility index (Phi) is 3.86. The van der Waals surface area contributed by atoms with Gasteiger partial charge in [-0.25, -0.2) is 0 Å². The van der Waals surface area contributed by atoms with Gasteiger partial charge in [0.05, 0.1) is 10.9 Å². The zero-order valence-electron chi connectivity index (χ0n) is 9.01. The minimum Gasteiger partial charge on any atom is -0.480 e. The van der Waals surface area contributed by atoms with Crippen molar-refractivity contribution >= 4 is 33.0 Å². The van der Waals surface area contributed by atoms with E-state index in [1.165, 1.54) is 7.11 Å². The van der Waals surface area contributed by atoms with Crippen LogP contribution in [0.3, 0.4) is 0 Å². The molecule has 2 aromatic rings. The Labute approximate surface area is 111 Å². The first-order valence-electron chi connectivity index (χ1n) is 4.84. The van der Waals surface area contributed by atoms with Crippen molar-refractivity contribution in [3.05, 3.63) is 38.6 Å². The monoisotopic (exact) mass is 312 g/mol. The van der Waals surface area contributed by atoms with Crippen molar-refractivity contribution in [1.82, 2.24) is 10.2 Å². The maximum Gasteiger partial charge on any atom is 0.233 e. The van der Waals surface area contributed by atoms with Gasteiger partial charge in [-0.3, -0.25) is 4.79 Å². The molecule has 0 unspecified atom stereocenters. The van der Waals surface area contributed by atoms with Crippen LogP contribution in [0.4, 0.5) is 0 Å². The molecule has 0 amide bonds. The Morgan fingerprint density at radius 1 is 1.35 bits per heavy atom. The molecule has 0 atom stereocenters. The Bertz CT molecular complexity index is 525. The molecule has 0 aliphatic carbocycles. The van der Waals surface area contributed by atoms with Gasteiger partial charge >= 0.3 is 0 Å². The molecule has 2 aromatic heterocycles. The lowest BCUT2D eigenvalue weighted by molar-refractivity contribution is 0.0988. The summed E-state index contributed by atoms with van der Waals surface area (Å²) in [6.07, 6.45) is 0.345. The van der Waals surface area contributed by atoms with Crippen LogP contribution in [0.1, 0.15) is 15.4 Å². The smallest absolute Gasteiger partial charge is 0.233 e. The average molecular weight is 313 g/mol. The van der Waals surface area contributed by atoms with Crippen molar-refractivity contribution in [2.45, 2.75) is 6.42 Å². The molecular weight excluding hydrogens is 304 g/mol. The van der Waals surface area contributed by atoms with Gasteiger partial charge < -0.3 is 4.74 Å². The molecule has 0 radical (unpaired) electrons. The highest BCUT2D eigenvalue weighted by atomic mass is 79.9. The number of rotatable bonds is 4.